The summed E-state index contributed by atoms with van der Waals surface area (Å²) in [5, 5.41) is 0.829. The minimum absolute atomic E-state index is 0.546. The Balaban J connectivity index is 2.43. The minimum Gasteiger partial charge on any atom is -0.379 e. The second kappa shape index (κ2) is 7.09. The molecule has 16 heavy (non-hydrogen) atoms. The molecule has 0 saturated heterocycles. The maximum atomic E-state index is 5.50. The van der Waals surface area contributed by atoms with Crippen molar-refractivity contribution in [1.29, 1.82) is 0 Å². The summed E-state index contributed by atoms with van der Waals surface area (Å²) in [5.41, 5.74) is 3.27. The number of nitrogens with zero attached hydrogens (tertiary/aromatic N) is 2. The molecular weight excluding hydrogens is 244 g/mol. The van der Waals surface area contributed by atoms with Crippen molar-refractivity contribution < 1.29 is 4.74 Å². The van der Waals surface area contributed by atoms with Crippen molar-refractivity contribution in [3.63, 3.8) is 0 Å². The average Bonchev–Trinajstić information content (AvgIpc) is 2.25. The van der Waals surface area contributed by atoms with E-state index in [2.05, 4.69) is 9.97 Å². The highest BCUT2D eigenvalue weighted by Gasteiger charge is 2.04. The summed E-state index contributed by atoms with van der Waals surface area (Å²) in [6.07, 6.45) is 0. The smallest absolute Gasteiger partial charge is 0.188 e. The number of alkyl halides is 1. The molecule has 0 amide bonds. The number of thioether (sulfide) groups is 1. The van der Waals surface area contributed by atoms with Gasteiger partial charge in [-0.1, -0.05) is 11.8 Å². The fourth-order valence-electron chi connectivity index (χ4n) is 1.15. The third kappa shape index (κ3) is 4.28. The standard InChI is InChI=1S/C11H17ClN2OS/c1-8-9(2)13-11(14-10(8)3)16-7-6-15-5-4-12/h4-7H2,1-3H3. The van der Waals surface area contributed by atoms with Crippen LogP contribution in [0, 0.1) is 20.8 Å². The molecule has 0 radical (unpaired) electrons. The Hall–Kier alpha value is -0.320. The molecule has 90 valence electrons. The van der Waals surface area contributed by atoms with Crippen LogP contribution in [-0.2, 0) is 4.74 Å². The maximum absolute atomic E-state index is 5.50. The van der Waals surface area contributed by atoms with Crippen LogP contribution in [0.25, 0.3) is 0 Å². The molecule has 0 aliphatic carbocycles. The number of rotatable bonds is 6. The van der Waals surface area contributed by atoms with E-state index in [-0.39, 0.29) is 0 Å². The summed E-state index contributed by atoms with van der Waals surface area (Å²) in [6, 6.07) is 0. The van der Waals surface area contributed by atoms with Crippen LogP contribution in [0.4, 0.5) is 0 Å². The molecule has 0 spiro atoms. The molecule has 1 rings (SSSR count). The van der Waals surface area contributed by atoms with E-state index >= 15 is 0 Å². The van der Waals surface area contributed by atoms with Crippen LogP contribution in [-0.4, -0.2) is 34.8 Å². The van der Waals surface area contributed by atoms with Crippen molar-refractivity contribution in [3.8, 4) is 0 Å². The van der Waals surface area contributed by atoms with Crippen LogP contribution in [0.5, 0.6) is 0 Å². The second-order valence-corrected chi connectivity index (χ2v) is 4.89. The lowest BCUT2D eigenvalue weighted by molar-refractivity contribution is 0.166. The summed E-state index contributed by atoms with van der Waals surface area (Å²) in [5.74, 6) is 1.41. The first-order valence-corrected chi connectivity index (χ1v) is 6.75. The van der Waals surface area contributed by atoms with Gasteiger partial charge in [-0.25, -0.2) is 9.97 Å². The van der Waals surface area contributed by atoms with Gasteiger partial charge < -0.3 is 4.74 Å². The van der Waals surface area contributed by atoms with Crippen molar-refractivity contribution in [3.05, 3.63) is 17.0 Å². The number of halogens is 1. The molecule has 0 unspecified atom stereocenters. The highest BCUT2D eigenvalue weighted by molar-refractivity contribution is 7.99. The quantitative estimate of drug-likeness (QED) is 0.341. The molecule has 0 fully saturated rings. The number of ether oxygens (including phenoxy) is 1. The van der Waals surface area contributed by atoms with E-state index in [4.69, 9.17) is 16.3 Å². The summed E-state index contributed by atoms with van der Waals surface area (Å²) < 4.78 is 5.28. The van der Waals surface area contributed by atoms with Gasteiger partial charge in [-0.15, -0.1) is 11.6 Å². The Morgan fingerprint density at radius 3 is 2.31 bits per heavy atom. The summed E-state index contributed by atoms with van der Waals surface area (Å²) in [4.78, 5) is 8.84. The van der Waals surface area contributed by atoms with E-state index in [0.717, 1.165) is 22.3 Å². The predicted molar refractivity (Wildman–Crippen MR) is 68.5 cm³/mol. The normalized spacial score (nSPS) is 10.8. The Morgan fingerprint density at radius 2 is 1.75 bits per heavy atom. The van der Waals surface area contributed by atoms with Gasteiger partial charge in [0.15, 0.2) is 5.16 Å². The Bertz CT molecular complexity index is 324. The molecule has 1 aromatic heterocycles. The van der Waals surface area contributed by atoms with E-state index in [1.54, 1.807) is 11.8 Å². The van der Waals surface area contributed by atoms with Gasteiger partial charge in [0.05, 0.1) is 13.2 Å². The SMILES string of the molecule is Cc1nc(SCCOCCCl)nc(C)c1C. The first-order valence-electron chi connectivity index (χ1n) is 5.23. The second-order valence-electron chi connectivity index (χ2n) is 3.45. The lowest BCUT2D eigenvalue weighted by Crippen LogP contribution is -2.02. The topological polar surface area (TPSA) is 35.0 Å². The molecule has 0 saturated carbocycles. The summed E-state index contributed by atoms with van der Waals surface area (Å²) >= 11 is 7.12. The number of aromatic nitrogens is 2. The van der Waals surface area contributed by atoms with Gasteiger partial charge in [0.2, 0.25) is 0 Å². The summed E-state index contributed by atoms with van der Waals surface area (Å²) in [7, 11) is 0. The zero-order chi connectivity index (χ0) is 12.0. The fourth-order valence-corrected chi connectivity index (χ4v) is 2.05. The minimum atomic E-state index is 0.546. The van der Waals surface area contributed by atoms with E-state index in [1.807, 2.05) is 20.8 Å². The molecule has 0 atom stereocenters. The van der Waals surface area contributed by atoms with E-state index in [9.17, 15) is 0 Å². The van der Waals surface area contributed by atoms with Crippen LogP contribution in [0.15, 0.2) is 5.16 Å². The molecule has 0 aromatic carbocycles. The molecule has 0 bridgehead atoms. The van der Waals surface area contributed by atoms with Crippen molar-refractivity contribution >= 4 is 23.4 Å². The van der Waals surface area contributed by atoms with Crippen LogP contribution < -0.4 is 0 Å². The third-order valence-electron chi connectivity index (χ3n) is 2.29. The number of aryl methyl sites for hydroxylation is 2. The van der Waals surface area contributed by atoms with Crippen molar-refractivity contribution in [2.75, 3.05) is 24.8 Å². The van der Waals surface area contributed by atoms with Crippen LogP contribution >= 0.6 is 23.4 Å². The molecule has 1 aromatic rings. The lowest BCUT2D eigenvalue weighted by Gasteiger charge is -2.06. The molecular formula is C11H17ClN2OS. The van der Waals surface area contributed by atoms with Crippen LogP contribution in [0.3, 0.4) is 0 Å². The monoisotopic (exact) mass is 260 g/mol. The van der Waals surface area contributed by atoms with E-state index in [1.165, 1.54) is 5.56 Å². The first-order chi connectivity index (χ1) is 7.65. The molecule has 1 heterocycles. The zero-order valence-corrected chi connectivity index (χ0v) is 11.5. The predicted octanol–water partition coefficient (Wildman–Crippen LogP) is 2.75. The largest absolute Gasteiger partial charge is 0.379 e. The Morgan fingerprint density at radius 1 is 1.12 bits per heavy atom. The van der Waals surface area contributed by atoms with E-state index < -0.39 is 0 Å². The molecule has 0 aliphatic heterocycles. The van der Waals surface area contributed by atoms with Crippen LogP contribution in [0.1, 0.15) is 17.0 Å². The number of hydrogen-bond acceptors (Lipinski definition) is 4. The maximum Gasteiger partial charge on any atom is 0.188 e. The average molecular weight is 261 g/mol. The Labute approximate surface area is 106 Å². The molecule has 0 N–H and O–H groups in total. The van der Waals surface area contributed by atoms with Gasteiger partial charge in [0.25, 0.3) is 0 Å². The van der Waals surface area contributed by atoms with Crippen molar-refractivity contribution in [2.45, 2.75) is 25.9 Å². The first kappa shape index (κ1) is 13.7. The zero-order valence-electron chi connectivity index (χ0n) is 9.92. The van der Waals surface area contributed by atoms with Gasteiger partial charge in [-0.2, -0.15) is 0 Å². The molecule has 5 heteroatoms. The van der Waals surface area contributed by atoms with Crippen molar-refractivity contribution in [1.82, 2.24) is 9.97 Å². The number of hydrogen-bond donors (Lipinski definition) is 0. The molecule has 3 nitrogen and oxygen atoms in total. The van der Waals surface area contributed by atoms with Gasteiger partial charge in [0, 0.05) is 23.0 Å². The van der Waals surface area contributed by atoms with Crippen molar-refractivity contribution in [2.24, 2.45) is 0 Å². The van der Waals surface area contributed by atoms with Crippen LogP contribution in [0.2, 0.25) is 0 Å². The fraction of sp³-hybridized carbons (Fsp3) is 0.636. The van der Waals surface area contributed by atoms with E-state index in [0.29, 0.717) is 19.1 Å². The Kier molecular flexibility index (Phi) is 6.09. The molecule has 0 aliphatic rings. The van der Waals surface area contributed by atoms with Gasteiger partial charge >= 0.3 is 0 Å². The highest BCUT2D eigenvalue weighted by atomic mass is 35.5. The lowest BCUT2D eigenvalue weighted by atomic mass is 10.2. The van der Waals surface area contributed by atoms with Gasteiger partial charge in [-0.05, 0) is 26.3 Å². The van der Waals surface area contributed by atoms with Gasteiger partial charge in [0.1, 0.15) is 0 Å². The third-order valence-corrected chi connectivity index (χ3v) is 3.26. The van der Waals surface area contributed by atoms with Gasteiger partial charge in [-0.3, -0.25) is 0 Å². The summed E-state index contributed by atoms with van der Waals surface area (Å²) in [6.45, 7) is 7.36. The highest BCUT2D eigenvalue weighted by Crippen LogP contribution is 2.16.